The van der Waals surface area contributed by atoms with Crippen LogP contribution < -0.4 is 0 Å². The summed E-state index contributed by atoms with van der Waals surface area (Å²) in [4.78, 5) is 13.9. The van der Waals surface area contributed by atoms with Crippen molar-refractivity contribution in [2.24, 2.45) is 0 Å². The number of aromatic nitrogens is 1. The lowest BCUT2D eigenvalue weighted by molar-refractivity contribution is -0.141. The zero-order valence-corrected chi connectivity index (χ0v) is 7.43. The van der Waals surface area contributed by atoms with Gasteiger partial charge >= 0.3 is 6.18 Å². The number of rotatable bonds is 2. The Balaban J connectivity index is 3.10. The van der Waals surface area contributed by atoms with E-state index in [1.165, 1.54) is 19.1 Å². The number of Topliss-reactive ketones (excluding diaryl/α,β-unsaturated/α-hetero) is 1. The van der Waals surface area contributed by atoms with Gasteiger partial charge in [0.05, 0.1) is 0 Å². The molecule has 5 heteroatoms. The third kappa shape index (κ3) is 2.55. The Morgan fingerprint density at radius 3 is 2.64 bits per heavy atom. The maximum absolute atomic E-state index is 12.3. The molecule has 0 aliphatic heterocycles. The molecule has 0 amide bonds. The summed E-state index contributed by atoms with van der Waals surface area (Å²) in [5.74, 6) is -0.316. The SMILES string of the molecule is CC(=O)Cc1cccnc1C(F)(F)F. The van der Waals surface area contributed by atoms with Crippen molar-refractivity contribution in [1.29, 1.82) is 0 Å². The van der Waals surface area contributed by atoms with Gasteiger partial charge in [0, 0.05) is 12.6 Å². The molecule has 0 bridgehead atoms. The predicted molar refractivity (Wildman–Crippen MR) is 43.6 cm³/mol. The smallest absolute Gasteiger partial charge is 0.300 e. The number of hydrogen-bond donors (Lipinski definition) is 0. The molecule has 0 spiro atoms. The van der Waals surface area contributed by atoms with Crippen LogP contribution >= 0.6 is 0 Å². The van der Waals surface area contributed by atoms with Crippen molar-refractivity contribution >= 4 is 5.78 Å². The summed E-state index contributed by atoms with van der Waals surface area (Å²) >= 11 is 0. The minimum Gasteiger partial charge on any atom is -0.300 e. The maximum atomic E-state index is 12.3. The minimum atomic E-state index is -4.49. The van der Waals surface area contributed by atoms with Crippen LogP contribution in [0.25, 0.3) is 0 Å². The Kier molecular flexibility index (Phi) is 2.88. The van der Waals surface area contributed by atoms with Crippen molar-refractivity contribution in [3.63, 3.8) is 0 Å². The van der Waals surface area contributed by atoms with Crippen molar-refractivity contribution < 1.29 is 18.0 Å². The van der Waals surface area contributed by atoms with Crippen LogP contribution in [-0.2, 0) is 17.4 Å². The topological polar surface area (TPSA) is 30.0 Å². The molecular weight excluding hydrogens is 195 g/mol. The normalized spacial score (nSPS) is 11.4. The highest BCUT2D eigenvalue weighted by molar-refractivity contribution is 5.78. The zero-order chi connectivity index (χ0) is 10.8. The van der Waals surface area contributed by atoms with E-state index < -0.39 is 11.9 Å². The first kappa shape index (κ1) is 10.7. The molecule has 0 aromatic carbocycles. The van der Waals surface area contributed by atoms with E-state index in [1.807, 2.05) is 0 Å². The minimum absolute atomic E-state index is 0.0764. The molecule has 1 aromatic heterocycles. The van der Waals surface area contributed by atoms with Crippen LogP contribution in [0.2, 0.25) is 0 Å². The number of hydrogen-bond acceptors (Lipinski definition) is 2. The van der Waals surface area contributed by atoms with Gasteiger partial charge in [-0.3, -0.25) is 9.78 Å². The summed E-state index contributed by atoms with van der Waals surface area (Å²) < 4.78 is 37.0. The van der Waals surface area contributed by atoms with E-state index in [0.717, 1.165) is 6.20 Å². The number of pyridine rings is 1. The second kappa shape index (κ2) is 3.77. The van der Waals surface area contributed by atoms with E-state index >= 15 is 0 Å². The van der Waals surface area contributed by atoms with E-state index in [1.54, 1.807) is 0 Å². The molecule has 0 saturated carbocycles. The van der Waals surface area contributed by atoms with Gasteiger partial charge in [-0.25, -0.2) is 0 Å². The fraction of sp³-hybridized carbons (Fsp3) is 0.333. The standard InChI is InChI=1S/C9H8F3NO/c1-6(14)5-7-3-2-4-13-8(7)9(10,11)12/h2-4H,5H2,1H3. The van der Waals surface area contributed by atoms with E-state index in [4.69, 9.17) is 0 Å². The number of ketones is 1. The summed E-state index contributed by atoms with van der Waals surface area (Å²) in [6.07, 6.45) is -3.67. The van der Waals surface area contributed by atoms with Crippen LogP contribution in [0.4, 0.5) is 13.2 Å². The van der Waals surface area contributed by atoms with Gasteiger partial charge in [0.2, 0.25) is 0 Å². The summed E-state index contributed by atoms with van der Waals surface area (Å²) in [7, 11) is 0. The molecule has 0 aliphatic carbocycles. The quantitative estimate of drug-likeness (QED) is 0.737. The first-order chi connectivity index (χ1) is 6.41. The first-order valence-corrected chi connectivity index (χ1v) is 3.92. The highest BCUT2D eigenvalue weighted by atomic mass is 19.4. The summed E-state index contributed by atoms with van der Waals surface area (Å²) in [6, 6.07) is 2.64. The van der Waals surface area contributed by atoms with Gasteiger partial charge < -0.3 is 0 Å². The largest absolute Gasteiger partial charge is 0.433 e. The van der Waals surface area contributed by atoms with Crippen molar-refractivity contribution in [3.05, 3.63) is 29.6 Å². The highest BCUT2D eigenvalue weighted by Crippen LogP contribution is 2.30. The predicted octanol–water partition coefficient (Wildman–Crippen LogP) is 2.23. The average molecular weight is 203 g/mol. The molecule has 0 unspecified atom stereocenters. The number of alkyl halides is 3. The Labute approximate surface area is 78.8 Å². The van der Waals surface area contributed by atoms with Crippen molar-refractivity contribution in [1.82, 2.24) is 4.98 Å². The van der Waals surface area contributed by atoms with E-state index in [9.17, 15) is 18.0 Å². The Morgan fingerprint density at radius 2 is 2.14 bits per heavy atom. The molecule has 1 rings (SSSR count). The lowest BCUT2D eigenvalue weighted by Gasteiger charge is -2.09. The van der Waals surface area contributed by atoms with Crippen LogP contribution in [-0.4, -0.2) is 10.8 Å². The molecule has 0 atom stereocenters. The molecular formula is C9H8F3NO. The van der Waals surface area contributed by atoms with Crippen LogP contribution in [0.15, 0.2) is 18.3 Å². The molecule has 0 aliphatic rings. The highest BCUT2D eigenvalue weighted by Gasteiger charge is 2.34. The van der Waals surface area contributed by atoms with Crippen LogP contribution in [0.5, 0.6) is 0 Å². The second-order valence-corrected chi connectivity index (χ2v) is 2.89. The summed E-state index contributed by atoms with van der Waals surface area (Å²) in [5.41, 5.74) is -1.05. The van der Waals surface area contributed by atoms with Gasteiger partial charge in [0.15, 0.2) is 0 Å². The second-order valence-electron chi connectivity index (χ2n) is 2.89. The number of nitrogens with zero attached hydrogens (tertiary/aromatic N) is 1. The Hall–Kier alpha value is -1.39. The van der Waals surface area contributed by atoms with E-state index in [-0.39, 0.29) is 17.8 Å². The maximum Gasteiger partial charge on any atom is 0.433 e. The average Bonchev–Trinajstić information content (AvgIpc) is 2.01. The molecule has 1 aromatic rings. The summed E-state index contributed by atoms with van der Waals surface area (Å²) in [5, 5.41) is 0. The molecule has 1 heterocycles. The van der Waals surface area contributed by atoms with Gasteiger partial charge in [0.25, 0.3) is 0 Å². The van der Waals surface area contributed by atoms with E-state index in [2.05, 4.69) is 4.98 Å². The summed E-state index contributed by atoms with van der Waals surface area (Å²) in [6.45, 7) is 1.24. The number of halogens is 3. The Bertz CT molecular complexity index is 346. The fourth-order valence-corrected chi connectivity index (χ4v) is 1.10. The molecule has 0 radical (unpaired) electrons. The third-order valence-corrected chi connectivity index (χ3v) is 1.60. The van der Waals surface area contributed by atoms with Gasteiger partial charge in [0.1, 0.15) is 11.5 Å². The fourth-order valence-electron chi connectivity index (χ4n) is 1.10. The van der Waals surface area contributed by atoms with Crippen molar-refractivity contribution in [3.8, 4) is 0 Å². The first-order valence-electron chi connectivity index (χ1n) is 3.92. The molecule has 2 nitrogen and oxygen atoms in total. The van der Waals surface area contributed by atoms with Gasteiger partial charge in [-0.1, -0.05) is 6.07 Å². The number of carbonyl (C=O) groups excluding carboxylic acids is 1. The van der Waals surface area contributed by atoms with Crippen LogP contribution in [0, 0.1) is 0 Å². The third-order valence-electron chi connectivity index (χ3n) is 1.60. The molecule has 0 fully saturated rings. The zero-order valence-electron chi connectivity index (χ0n) is 7.43. The van der Waals surface area contributed by atoms with Crippen LogP contribution in [0.3, 0.4) is 0 Å². The molecule has 14 heavy (non-hydrogen) atoms. The van der Waals surface area contributed by atoms with Crippen molar-refractivity contribution in [2.75, 3.05) is 0 Å². The lowest BCUT2D eigenvalue weighted by Crippen LogP contribution is -2.13. The Morgan fingerprint density at radius 1 is 1.50 bits per heavy atom. The molecule has 76 valence electrons. The van der Waals surface area contributed by atoms with Gasteiger partial charge in [-0.15, -0.1) is 0 Å². The monoisotopic (exact) mass is 203 g/mol. The van der Waals surface area contributed by atoms with E-state index in [0.29, 0.717) is 0 Å². The van der Waals surface area contributed by atoms with Gasteiger partial charge in [-0.2, -0.15) is 13.2 Å². The molecule has 0 N–H and O–H groups in total. The van der Waals surface area contributed by atoms with Crippen molar-refractivity contribution in [2.45, 2.75) is 19.5 Å². The number of carbonyl (C=O) groups is 1. The lowest BCUT2D eigenvalue weighted by atomic mass is 10.1. The molecule has 0 saturated heterocycles. The van der Waals surface area contributed by atoms with Crippen LogP contribution in [0.1, 0.15) is 18.2 Å². The van der Waals surface area contributed by atoms with Gasteiger partial charge in [-0.05, 0) is 18.6 Å².